The fourth-order valence-corrected chi connectivity index (χ4v) is 4.75. The number of carbonyl (C=O) groups is 1. The molecule has 1 N–H and O–H groups in total. The van der Waals surface area contributed by atoms with Crippen LogP contribution in [0.4, 0.5) is 5.82 Å². The minimum absolute atomic E-state index is 0.167. The van der Waals surface area contributed by atoms with Crippen LogP contribution in [0.2, 0.25) is 0 Å². The molecule has 0 unspecified atom stereocenters. The van der Waals surface area contributed by atoms with E-state index in [1.807, 2.05) is 57.2 Å². The molecule has 1 aliphatic heterocycles. The van der Waals surface area contributed by atoms with Crippen LogP contribution in [0.5, 0.6) is 0 Å². The van der Waals surface area contributed by atoms with Gasteiger partial charge in [-0.2, -0.15) is 0 Å². The Labute approximate surface area is 196 Å². The van der Waals surface area contributed by atoms with Crippen molar-refractivity contribution in [3.05, 3.63) is 80.1 Å². The molecule has 164 valence electrons. The number of hydrogen-bond acceptors (Lipinski definition) is 6. The van der Waals surface area contributed by atoms with E-state index in [1.54, 1.807) is 17.2 Å². The molecule has 2 aromatic heterocycles. The van der Waals surface area contributed by atoms with Gasteiger partial charge in [-0.25, -0.2) is 4.98 Å². The van der Waals surface area contributed by atoms with E-state index in [9.17, 15) is 9.59 Å². The summed E-state index contributed by atoms with van der Waals surface area (Å²) in [5.74, 6) is 0.278. The van der Waals surface area contributed by atoms with E-state index in [4.69, 9.17) is 17.2 Å². The summed E-state index contributed by atoms with van der Waals surface area (Å²) in [5.41, 5.74) is 3.86. The Hall–Kier alpha value is -2.97. The number of aryl methyl sites for hydroxylation is 2. The van der Waals surface area contributed by atoms with Crippen molar-refractivity contribution in [3.8, 4) is 0 Å². The van der Waals surface area contributed by atoms with Crippen LogP contribution in [-0.2, 0) is 11.3 Å². The van der Waals surface area contributed by atoms with Crippen molar-refractivity contribution < 1.29 is 4.79 Å². The van der Waals surface area contributed by atoms with Gasteiger partial charge in [-0.05, 0) is 43.5 Å². The fourth-order valence-electron chi connectivity index (χ4n) is 3.46. The van der Waals surface area contributed by atoms with Crippen molar-refractivity contribution in [2.45, 2.75) is 33.7 Å². The number of rotatable bonds is 6. The molecule has 0 bridgehead atoms. The molecule has 3 aromatic rings. The number of benzene rings is 1. The molecule has 0 atom stereocenters. The van der Waals surface area contributed by atoms with Gasteiger partial charge in [0.15, 0.2) is 0 Å². The second-order valence-corrected chi connectivity index (χ2v) is 9.46. The third-order valence-corrected chi connectivity index (χ3v) is 6.56. The minimum atomic E-state index is -0.231. The molecule has 0 aliphatic carbocycles. The first-order chi connectivity index (χ1) is 15.4. The highest BCUT2D eigenvalue weighted by Crippen LogP contribution is 2.33. The number of nitrogens with one attached hydrogen (secondary N) is 1. The number of carbonyl (C=O) groups excluding carboxylic acids is 1. The molecule has 8 heteroatoms. The zero-order chi connectivity index (χ0) is 22.8. The van der Waals surface area contributed by atoms with Crippen molar-refractivity contribution in [1.82, 2.24) is 14.3 Å². The van der Waals surface area contributed by atoms with Gasteiger partial charge in [-0.1, -0.05) is 66.8 Å². The summed E-state index contributed by atoms with van der Waals surface area (Å²) in [5, 5.41) is 3.30. The van der Waals surface area contributed by atoms with Crippen LogP contribution < -0.4 is 10.9 Å². The number of fused-ring (bicyclic) bond motifs is 1. The molecule has 1 aromatic carbocycles. The summed E-state index contributed by atoms with van der Waals surface area (Å²) in [6, 6.07) is 11.9. The standard InChI is InChI=1S/C24H24N4O2S2/c1-4-11-27-23(30)19(32-24(27)31)12-18-21(25-13-17-8-5-15(2)6-9-17)26-20-10-7-16(3)14-28(20)22(18)29/h5-10,12,14,25H,4,11,13H2,1-3H3. The molecule has 4 rings (SSSR count). The van der Waals surface area contributed by atoms with Crippen LogP contribution in [-0.4, -0.2) is 31.1 Å². The number of aromatic nitrogens is 2. The monoisotopic (exact) mass is 464 g/mol. The molecular formula is C24H24N4O2S2. The SMILES string of the molecule is CCCN1C(=O)C(=Cc2c(NCc3ccc(C)cc3)nc3ccc(C)cn3c2=O)SC1=S. The molecule has 1 saturated heterocycles. The first kappa shape index (κ1) is 22.2. The van der Waals surface area contributed by atoms with Crippen LogP contribution in [0.25, 0.3) is 11.7 Å². The van der Waals surface area contributed by atoms with E-state index in [0.717, 1.165) is 17.5 Å². The molecule has 6 nitrogen and oxygen atoms in total. The van der Waals surface area contributed by atoms with E-state index < -0.39 is 0 Å². The summed E-state index contributed by atoms with van der Waals surface area (Å²) in [6.45, 7) is 7.03. The Morgan fingerprint density at radius 2 is 1.81 bits per heavy atom. The normalized spacial score (nSPS) is 15.2. The predicted octanol–water partition coefficient (Wildman–Crippen LogP) is 4.53. The highest BCUT2D eigenvalue weighted by atomic mass is 32.2. The van der Waals surface area contributed by atoms with Gasteiger partial charge in [-0.15, -0.1) is 0 Å². The van der Waals surface area contributed by atoms with Gasteiger partial charge in [-0.3, -0.25) is 18.9 Å². The summed E-state index contributed by atoms with van der Waals surface area (Å²) < 4.78 is 2.03. The summed E-state index contributed by atoms with van der Waals surface area (Å²) in [4.78, 5) is 33.0. The molecule has 1 fully saturated rings. The Bertz CT molecular complexity index is 1300. The molecule has 0 radical (unpaired) electrons. The van der Waals surface area contributed by atoms with Gasteiger partial charge in [0.25, 0.3) is 11.5 Å². The molecule has 32 heavy (non-hydrogen) atoms. The van der Waals surface area contributed by atoms with Crippen LogP contribution in [0.1, 0.15) is 35.6 Å². The van der Waals surface area contributed by atoms with E-state index in [-0.39, 0.29) is 11.5 Å². The molecule has 1 aliphatic rings. The number of thiocarbonyl (C=S) groups is 1. The molecule has 1 amide bonds. The van der Waals surface area contributed by atoms with E-state index in [1.165, 1.54) is 21.7 Å². The number of amides is 1. The Morgan fingerprint density at radius 1 is 1.09 bits per heavy atom. The average Bonchev–Trinajstić information content (AvgIpc) is 3.04. The smallest absolute Gasteiger partial charge is 0.267 e. The Kier molecular flexibility index (Phi) is 6.43. The number of pyridine rings is 1. The summed E-state index contributed by atoms with van der Waals surface area (Å²) in [7, 11) is 0. The lowest BCUT2D eigenvalue weighted by Crippen LogP contribution is -2.28. The lowest BCUT2D eigenvalue weighted by atomic mass is 10.1. The van der Waals surface area contributed by atoms with Gasteiger partial charge in [0, 0.05) is 19.3 Å². The maximum atomic E-state index is 13.4. The average molecular weight is 465 g/mol. The Morgan fingerprint density at radius 3 is 2.53 bits per heavy atom. The highest BCUT2D eigenvalue weighted by molar-refractivity contribution is 8.26. The number of anilines is 1. The quantitative estimate of drug-likeness (QED) is 0.427. The first-order valence-corrected chi connectivity index (χ1v) is 11.7. The maximum absolute atomic E-state index is 13.4. The molecule has 0 saturated carbocycles. The minimum Gasteiger partial charge on any atom is -0.365 e. The predicted molar refractivity (Wildman–Crippen MR) is 135 cm³/mol. The van der Waals surface area contributed by atoms with Crippen LogP contribution in [0.3, 0.4) is 0 Å². The van der Waals surface area contributed by atoms with Crippen molar-refractivity contribution in [2.24, 2.45) is 0 Å². The lowest BCUT2D eigenvalue weighted by molar-refractivity contribution is -0.122. The zero-order valence-corrected chi connectivity index (χ0v) is 19.8. The Balaban J connectivity index is 1.78. The van der Waals surface area contributed by atoms with E-state index in [0.29, 0.717) is 39.3 Å². The second-order valence-electron chi connectivity index (χ2n) is 7.79. The largest absolute Gasteiger partial charge is 0.365 e. The lowest BCUT2D eigenvalue weighted by Gasteiger charge is -2.13. The van der Waals surface area contributed by atoms with Gasteiger partial charge in [0.2, 0.25) is 0 Å². The highest BCUT2D eigenvalue weighted by Gasteiger charge is 2.32. The van der Waals surface area contributed by atoms with Crippen molar-refractivity contribution in [3.63, 3.8) is 0 Å². The van der Waals surface area contributed by atoms with Crippen LogP contribution in [0, 0.1) is 13.8 Å². The molecule has 3 heterocycles. The molecular weight excluding hydrogens is 440 g/mol. The first-order valence-electron chi connectivity index (χ1n) is 10.4. The number of hydrogen-bond donors (Lipinski definition) is 1. The van der Waals surface area contributed by atoms with E-state index in [2.05, 4.69) is 5.32 Å². The van der Waals surface area contributed by atoms with Crippen molar-refractivity contribution in [2.75, 3.05) is 11.9 Å². The van der Waals surface area contributed by atoms with Crippen LogP contribution in [0.15, 0.2) is 52.3 Å². The van der Waals surface area contributed by atoms with Gasteiger partial charge in [0.1, 0.15) is 15.8 Å². The van der Waals surface area contributed by atoms with E-state index >= 15 is 0 Å². The topological polar surface area (TPSA) is 66.7 Å². The van der Waals surface area contributed by atoms with Gasteiger partial charge in [0.05, 0.1) is 10.5 Å². The van der Waals surface area contributed by atoms with Crippen molar-refractivity contribution in [1.29, 1.82) is 0 Å². The fraction of sp³-hybridized carbons (Fsp3) is 0.250. The maximum Gasteiger partial charge on any atom is 0.267 e. The number of thioether (sulfide) groups is 1. The van der Waals surface area contributed by atoms with Crippen molar-refractivity contribution >= 4 is 51.7 Å². The third-order valence-electron chi connectivity index (χ3n) is 5.18. The third kappa shape index (κ3) is 4.47. The van der Waals surface area contributed by atoms with Crippen LogP contribution >= 0.6 is 24.0 Å². The van der Waals surface area contributed by atoms with Gasteiger partial charge >= 0.3 is 0 Å². The number of nitrogens with zero attached hydrogens (tertiary/aromatic N) is 3. The molecule has 0 spiro atoms. The zero-order valence-electron chi connectivity index (χ0n) is 18.2. The second kappa shape index (κ2) is 9.26. The summed E-state index contributed by atoms with van der Waals surface area (Å²) in [6.07, 6.45) is 4.19. The summed E-state index contributed by atoms with van der Waals surface area (Å²) >= 11 is 6.60. The van der Waals surface area contributed by atoms with Gasteiger partial charge < -0.3 is 5.32 Å².